The average Bonchev–Trinajstić information content (AvgIpc) is 3.39. The van der Waals surface area contributed by atoms with E-state index in [1.54, 1.807) is 6.92 Å². The SMILES string of the molecule is CCCc1c(OCCCCN2C(=O)NC(C)(c3ccc(F)c(Br)c3)C2=O)ccc2c1OCC2(C(F)(F)F)C(F)(F)F. The molecule has 6 nitrogen and oxygen atoms in total. The maximum absolute atomic E-state index is 13.8. The monoisotopic (exact) mass is 654 g/mol. The van der Waals surface area contributed by atoms with E-state index < -0.39 is 59.0 Å². The fraction of sp³-hybridized carbons (Fsp3) is 0.481. The molecule has 0 aromatic heterocycles. The van der Waals surface area contributed by atoms with Crippen LogP contribution in [0, 0.1) is 5.82 Å². The van der Waals surface area contributed by atoms with E-state index in [2.05, 4.69) is 21.2 Å². The van der Waals surface area contributed by atoms with E-state index in [1.807, 2.05) is 0 Å². The number of halogens is 8. The molecule has 0 saturated carbocycles. The Kier molecular flexibility index (Phi) is 8.29. The van der Waals surface area contributed by atoms with Gasteiger partial charge in [-0.3, -0.25) is 9.69 Å². The average molecular weight is 655 g/mol. The maximum atomic E-state index is 13.8. The number of alkyl halides is 6. The first-order valence-corrected chi connectivity index (χ1v) is 13.5. The molecule has 0 radical (unpaired) electrons. The van der Waals surface area contributed by atoms with Crippen LogP contribution >= 0.6 is 15.9 Å². The van der Waals surface area contributed by atoms with Crippen LogP contribution in [0.4, 0.5) is 35.5 Å². The minimum Gasteiger partial charge on any atom is -0.493 e. The van der Waals surface area contributed by atoms with E-state index in [1.165, 1.54) is 25.1 Å². The Hall–Kier alpha value is -3.03. The van der Waals surface area contributed by atoms with E-state index in [9.17, 15) is 40.3 Å². The summed E-state index contributed by atoms with van der Waals surface area (Å²) in [5.41, 5.74) is -6.00. The molecule has 0 bridgehead atoms. The van der Waals surface area contributed by atoms with Crippen molar-refractivity contribution in [2.75, 3.05) is 19.8 Å². The zero-order valence-corrected chi connectivity index (χ0v) is 23.5. The number of nitrogens with zero attached hydrogens (tertiary/aromatic N) is 1. The van der Waals surface area contributed by atoms with Gasteiger partial charge in [-0.2, -0.15) is 26.3 Å². The third-order valence-electron chi connectivity index (χ3n) is 7.38. The highest BCUT2D eigenvalue weighted by molar-refractivity contribution is 9.10. The molecule has 14 heteroatoms. The van der Waals surface area contributed by atoms with E-state index >= 15 is 0 Å². The van der Waals surface area contributed by atoms with Crippen molar-refractivity contribution in [2.45, 2.75) is 62.8 Å². The molecule has 2 aromatic rings. The van der Waals surface area contributed by atoms with E-state index in [0.29, 0.717) is 24.8 Å². The van der Waals surface area contributed by atoms with Crippen LogP contribution in [0.1, 0.15) is 49.8 Å². The van der Waals surface area contributed by atoms with Crippen molar-refractivity contribution in [3.63, 3.8) is 0 Å². The topological polar surface area (TPSA) is 67.9 Å². The van der Waals surface area contributed by atoms with Gasteiger partial charge in [0, 0.05) is 17.7 Å². The second kappa shape index (κ2) is 11.0. The molecule has 1 saturated heterocycles. The van der Waals surface area contributed by atoms with Crippen molar-refractivity contribution in [1.82, 2.24) is 10.2 Å². The molecule has 1 unspecified atom stereocenters. The lowest BCUT2D eigenvalue weighted by molar-refractivity contribution is -0.303. The van der Waals surface area contributed by atoms with Gasteiger partial charge in [0.25, 0.3) is 5.91 Å². The summed E-state index contributed by atoms with van der Waals surface area (Å²) in [6, 6.07) is 5.20. The highest BCUT2D eigenvalue weighted by atomic mass is 79.9. The zero-order valence-electron chi connectivity index (χ0n) is 21.9. The van der Waals surface area contributed by atoms with Gasteiger partial charge in [0.15, 0.2) is 0 Å². The quantitative estimate of drug-likeness (QED) is 0.181. The number of amides is 3. The van der Waals surface area contributed by atoms with Crippen LogP contribution in [0.3, 0.4) is 0 Å². The van der Waals surface area contributed by atoms with Crippen LogP contribution in [0.2, 0.25) is 0 Å². The summed E-state index contributed by atoms with van der Waals surface area (Å²) in [6.07, 6.45) is -10.1. The van der Waals surface area contributed by atoms with Crippen molar-refractivity contribution in [3.05, 3.63) is 57.3 Å². The smallest absolute Gasteiger partial charge is 0.410 e. The Labute approximate surface area is 239 Å². The van der Waals surface area contributed by atoms with E-state index in [4.69, 9.17) is 9.47 Å². The summed E-state index contributed by atoms with van der Waals surface area (Å²) in [7, 11) is 0. The molecule has 4 rings (SSSR count). The lowest BCUT2D eigenvalue weighted by Crippen LogP contribution is -2.55. The number of fused-ring (bicyclic) bond motifs is 1. The molecular weight excluding hydrogens is 629 g/mol. The molecule has 2 heterocycles. The van der Waals surface area contributed by atoms with Crippen LogP contribution in [-0.4, -0.2) is 48.9 Å². The van der Waals surface area contributed by atoms with Gasteiger partial charge >= 0.3 is 18.4 Å². The Morgan fingerprint density at radius 3 is 2.37 bits per heavy atom. The van der Waals surface area contributed by atoms with Gasteiger partial charge in [-0.25, -0.2) is 9.18 Å². The number of carbonyl (C=O) groups excluding carboxylic acids is 2. The van der Waals surface area contributed by atoms with E-state index in [-0.39, 0.29) is 35.4 Å². The fourth-order valence-corrected chi connectivity index (χ4v) is 5.46. The molecule has 1 N–H and O–H groups in total. The fourth-order valence-electron chi connectivity index (χ4n) is 5.08. The number of urea groups is 1. The first-order chi connectivity index (χ1) is 19.1. The van der Waals surface area contributed by atoms with Gasteiger partial charge in [-0.15, -0.1) is 0 Å². The molecule has 0 spiro atoms. The third kappa shape index (κ3) is 5.23. The molecule has 0 aliphatic carbocycles. The summed E-state index contributed by atoms with van der Waals surface area (Å²) in [6.45, 7) is 1.67. The Morgan fingerprint density at radius 1 is 1.07 bits per heavy atom. The number of unbranched alkanes of at least 4 members (excludes halogenated alkanes) is 1. The summed E-state index contributed by atoms with van der Waals surface area (Å²) < 4.78 is 107. The van der Waals surface area contributed by atoms with Crippen LogP contribution in [0.25, 0.3) is 0 Å². The number of rotatable bonds is 9. The van der Waals surface area contributed by atoms with Gasteiger partial charge in [-0.1, -0.05) is 25.5 Å². The molecule has 2 aromatic carbocycles. The number of benzene rings is 2. The standard InChI is InChI=1S/C27H26BrF7N2O4/c1-3-6-16-20(10-8-17-21(16)41-14-25(17,26(30,31)32)27(33,34)35)40-12-5-4-11-37-22(38)24(2,36-23(37)39)15-7-9-19(29)18(28)13-15/h7-10,13H,3-6,11-12,14H2,1-2H3,(H,36,39). The first kappa shape index (κ1) is 30.9. The van der Waals surface area contributed by atoms with Gasteiger partial charge in [-0.05, 0) is 65.9 Å². The molecule has 1 atom stereocenters. The molecule has 41 heavy (non-hydrogen) atoms. The van der Waals surface area contributed by atoms with Gasteiger partial charge in [0.05, 0.1) is 11.1 Å². The number of hydrogen-bond acceptors (Lipinski definition) is 4. The van der Waals surface area contributed by atoms with Gasteiger partial charge in [0.2, 0.25) is 5.41 Å². The highest BCUT2D eigenvalue weighted by Gasteiger charge is 2.75. The largest absolute Gasteiger partial charge is 0.493 e. The van der Waals surface area contributed by atoms with Crippen LogP contribution in [-0.2, 0) is 22.2 Å². The van der Waals surface area contributed by atoms with Gasteiger partial charge < -0.3 is 14.8 Å². The first-order valence-electron chi connectivity index (χ1n) is 12.7. The van der Waals surface area contributed by atoms with Crippen LogP contribution in [0.5, 0.6) is 11.5 Å². The number of carbonyl (C=O) groups is 2. The molecule has 224 valence electrons. The number of nitrogens with one attached hydrogen (secondary N) is 1. The zero-order chi connectivity index (χ0) is 30.4. The highest BCUT2D eigenvalue weighted by Crippen LogP contribution is 2.59. The molecule has 2 aliphatic rings. The lowest BCUT2D eigenvalue weighted by Gasteiger charge is -2.32. The summed E-state index contributed by atoms with van der Waals surface area (Å²) in [5, 5.41) is 2.62. The van der Waals surface area contributed by atoms with E-state index in [0.717, 1.165) is 17.0 Å². The van der Waals surface area contributed by atoms with Crippen molar-refractivity contribution in [1.29, 1.82) is 0 Å². The predicted octanol–water partition coefficient (Wildman–Crippen LogP) is 6.92. The second-order valence-electron chi connectivity index (χ2n) is 10.1. The van der Waals surface area contributed by atoms with Crippen molar-refractivity contribution in [2.24, 2.45) is 0 Å². The number of ether oxygens (including phenoxy) is 2. The minimum atomic E-state index is -5.62. The molecule has 1 fully saturated rings. The molecule has 3 amide bonds. The lowest BCUT2D eigenvalue weighted by atomic mass is 9.80. The Bertz CT molecular complexity index is 1330. The van der Waals surface area contributed by atoms with Gasteiger partial charge in [0.1, 0.15) is 29.5 Å². The Morgan fingerprint density at radius 2 is 1.76 bits per heavy atom. The molecular formula is C27H26BrF7N2O4. The minimum absolute atomic E-state index is 0.0189. The van der Waals surface area contributed by atoms with Crippen molar-refractivity contribution < 1.29 is 49.8 Å². The maximum Gasteiger partial charge on any atom is 0.410 e. The predicted molar refractivity (Wildman–Crippen MR) is 136 cm³/mol. The van der Waals surface area contributed by atoms with Crippen molar-refractivity contribution >= 4 is 27.9 Å². The number of hydrogen-bond donors (Lipinski definition) is 1. The van der Waals surface area contributed by atoms with Crippen molar-refractivity contribution in [3.8, 4) is 11.5 Å². The summed E-state index contributed by atoms with van der Waals surface area (Å²) in [4.78, 5) is 26.6. The van der Waals surface area contributed by atoms with Crippen LogP contribution in [0.15, 0.2) is 34.8 Å². The normalized spacial score (nSPS) is 20.2. The third-order valence-corrected chi connectivity index (χ3v) is 7.99. The molecule has 2 aliphatic heterocycles. The second-order valence-corrected chi connectivity index (χ2v) is 10.9. The van der Waals surface area contributed by atoms with Crippen LogP contribution < -0.4 is 14.8 Å². The summed E-state index contributed by atoms with van der Waals surface area (Å²) in [5.74, 6) is -1.41. The number of imide groups is 1. The summed E-state index contributed by atoms with van der Waals surface area (Å²) >= 11 is 3.07. The Balaban J connectivity index is 1.42.